The molecule has 252 valence electrons. The molecule has 1 saturated heterocycles. The van der Waals surface area contributed by atoms with E-state index in [-0.39, 0.29) is 49.1 Å². The van der Waals surface area contributed by atoms with Crippen molar-refractivity contribution < 1.29 is 27.9 Å². The summed E-state index contributed by atoms with van der Waals surface area (Å²) in [4.78, 5) is 25.9. The number of hydroxylamine groups is 2. The van der Waals surface area contributed by atoms with Crippen LogP contribution >= 0.6 is 0 Å². The van der Waals surface area contributed by atoms with E-state index >= 15 is 8.63 Å². The molecule has 3 N–H and O–H groups in total. The molecule has 1 aromatic carbocycles. The molecule has 5 rings (SSSR count). The number of nitrogens with one attached hydrogen (secondary N) is 2. The van der Waals surface area contributed by atoms with Gasteiger partial charge >= 0.3 is 6.97 Å². The van der Waals surface area contributed by atoms with Gasteiger partial charge in [0.05, 0.1) is 0 Å². The molecule has 3 aliphatic rings. The number of halogens is 2. The standard InChI is InChI=1S/C36H48BF2N5O3/c1-25(2)21-27(13-10-14-33(45)41-28-23-35(3,4)44(47)36(5,6)24-28)40-34(46)20-18-29-15-16-30-22-31-17-19-32(26-11-8-7-9-12-26)43(31)37(38,39)42(29)30/h7-13,15-17,19,22,25,27-28,47H,14,18,20-21,23-24H2,1-6H3,(H,40,46)(H,41,45)/b13-10+/t27-/m1/s1. The molecule has 0 radical (unpaired) electrons. The molecule has 0 aliphatic carbocycles. The Morgan fingerprint density at radius 2 is 1.72 bits per heavy atom. The minimum atomic E-state index is -4.18. The third-order valence-corrected chi connectivity index (χ3v) is 9.33. The number of carbonyl (C=O) groups is 2. The number of rotatable bonds is 11. The highest BCUT2D eigenvalue weighted by Gasteiger charge is 2.52. The summed E-state index contributed by atoms with van der Waals surface area (Å²) >= 11 is 0. The van der Waals surface area contributed by atoms with Gasteiger partial charge in [0.2, 0.25) is 11.8 Å². The normalized spacial score (nSPS) is 20.7. The molecule has 1 fully saturated rings. The highest BCUT2D eigenvalue weighted by atomic mass is 19.2. The molecule has 1 aromatic heterocycles. The number of amides is 2. The molecule has 0 bridgehead atoms. The van der Waals surface area contributed by atoms with Crippen molar-refractivity contribution in [3.05, 3.63) is 89.4 Å². The minimum absolute atomic E-state index is 0.0533. The zero-order valence-electron chi connectivity index (χ0n) is 28.3. The highest BCUT2D eigenvalue weighted by molar-refractivity contribution is 6.58. The van der Waals surface area contributed by atoms with Gasteiger partial charge in [0.1, 0.15) is 0 Å². The fraction of sp³-hybridized carbons (Fsp3) is 0.472. The van der Waals surface area contributed by atoms with Crippen molar-refractivity contribution in [2.24, 2.45) is 5.92 Å². The number of nitrogens with zero attached hydrogens (tertiary/aromatic N) is 3. The second-order valence-corrected chi connectivity index (χ2v) is 14.8. The van der Waals surface area contributed by atoms with Crippen LogP contribution in [0.1, 0.15) is 90.6 Å². The number of hydrogen-bond donors (Lipinski definition) is 3. The molecule has 47 heavy (non-hydrogen) atoms. The minimum Gasteiger partial charge on any atom is -0.394 e. The predicted molar refractivity (Wildman–Crippen MR) is 182 cm³/mol. The van der Waals surface area contributed by atoms with Crippen molar-refractivity contribution in [3.63, 3.8) is 0 Å². The Bertz CT molecular complexity index is 1610. The van der Waals surface area contributed by atoms with Crippen LogP contribution in [0, 0.1) is 5.92 Å². The summed E-state index contributed by atoms with van der Waals surface area (Å²) in [5, 5.41) is 18.1. The van der Waals surface area contributed by atoms with Gasteiger partial charge < -0.3 is 33.4 Å². The van der Waals surface area contributed by atoms with Crippen molar-refractivity contribution in [2.45, 2.75) is 103 Å². The maximum atomic E-state index is 16.2. The van der Waals surface area contributed by atoms with Gasteiger partial charge in [-0.3, -0.25) is 9.59 Å². The van der Waals surface area contributed by atoms with E-state index in [2.05, 4.69) is 24.5 Å². The summed E-state index contributed by atoms with van der Waals surface area (Å²) in [6, 6.07) is 12.2. The molecular formula is C36H48BF2N5O3. The molecule has 4 heterocycles. The Kier molecular flexibility index (Phi) is 9.80. The van der Waals surface area contributed by atoms with E-state index in [1.807, 2.05) is 64.1 Å². The largest absolute Gasteiger partial charge is 0.737 e. The molecule has 0 spiro atoms. The maximum absolute atomic E-state index is 16.2. The van der Waals surface area contributed by atoms with Crippen molar-refractivity contribution >= 4 is 30.6 Å². The number of aromatic nitrogens is 1. The fourth-order valence-corrected chi connectivity index (χ4v) is 7.46. The molecule has 2 aromatic rings. The van der Waals surface area contributed by atoms with Gasteiger partial charge in [-0.1, -0.05) is 44.2 Å². The van der Waals surface area contributed by atoms with E-state index in [0.29, 0.717) is 47.6 Å². The predicted octanol–water partition coefficient (Wildman–Crippen LogP) is 6.07. The van der Waals surface area contributed by atoms with E-state index in [0.717, 1.165) is 8.96 Å². The lowest BCUT2D eigenvalue weighted by molar-refractivity contribution is -0.360. The first kappa shape index (κ1) is 34.5. The summed E-state index contributed by atoms with van der Waals surface area (Å²) in [5.74, 6) is -0.0587. The number of benzene rings is 1. The van der Waals surface area contributed by atoms with Crippen LogP contribution in [-0.4, -0.2) is 66.9 Å². The molecule has 3 aliphatic heterocycles. The third-order valence-electron chi connectivity index (χ3n) is 9.33. The number of fused-ring (bicyclic) bond motifs is 2. The van der Waals surface area contributed by atoms with E-state index in [1.54, 1.807) is 36.4 Å². The van der Waals surface area contributed by atoms with Crippen LogP contribution < -0.4 is 10.6 Å². The molecule has 2 amide bonds. The Morgan fingerprint density at radius 1 is 1.04 bits per heavy atom. The lowest BCUT2D eigenvalue weighted by atomic mass is 9.79. The van der Waals surface area contributed by atoms with Crippen LogP contribution in [0.3, 0.4) is 0 Å². The summed E-state index contributed by atoms with van der Waals surface area (Å²) in [6.45, 7) is 7.78. The quantitative estimate of drug-likeness (QED) is 0.204. The number of piperidine rings is 1. The smallest absolute Gasteiger partial charge is 0.394 e. The van der Waals surface area contributed by atoms with Gasteiger partial charge in [0, 0.05) is 65.5 Å². The zero-order valence-corrected chi connectivity index (χ0v) is 28.3. The van der Waals surface area contributed by atoms with Crippen molar-refractivity contribution in [2.75, 3.05) is 0 Å². The lowest BCUT2D eigenvalue weighted by Crippen LogP contribution is -2.62. The number of carbonyl (C=O) groups excluding carboxylic acids is 2. The second kappa shape index (κ2) is 13.4. The monoisotopic (exact) mass is 647 g/mol. The molecular weight excluding hydrogens is 599 g/mol. The average Bonchev–Trinajstić information content (AvgIpc) is 3.60. The molecule has 11 heteroatoms. The summed E-state index contributed by atoms with van der Waals surface area (Å²) < 4.78 is 34.6. The van der Waals surface area contributed by atoms with Crippen LogP contribution in [-0.2, 0) is 16.0 Å². The highest BCUT2D eigenvalue weighted by Crippen LogP contribution is 2.37. The second-order valence-electron chi connectivity index (χ2n) is 14.8. The van der Waals surface area contributed by atoms with Crippen LogP contribution in [0.4, 0.5) is 8.63 Å². The molecule has 8 nitrogen and oxygen atoms in total. The van der Waals surface area contributed by atoms with Crippen LogP contribution in [0.5, 0.6) is 0 Å². The average molecular weight is 648 g/mol. The van der Waals surface area contributed by atoms with Gasteiger partial charge in [-0.05, 0) is 89.3 Å². The fourth-order valence-electron chi connectivity index (χ4n) is 7.46. The first-order valence-corrected chi connectivity index (χ1v) is 16.7. The van der Waals surface area contributed by atoms with Gasteiger partial charge in [-0.25, -0.2) is 0 Å². The van der Waals surface area contributed by atoms with E-state index < -0.39 is 18.0 Å². The maximum Gasteiger partial charge on any atom is 0.737 e. The van der Waals surface area contributed by atoms with Crippen molar-refractivity contribution in [3.8, 4) is 0 Å². The summed E-state index contributed by atoms with van der Waals surface area (Å²) in [5.41, 5.74) is 1.51. The summed E-state index contributed by atoms with van der Waals surface area (Å²) in [7, 11) is 0. The zero-order chi connectivity index (χ0) is 34.1. The first-order valence-electron chi connectivity index (χ1n) is 16.7. The third kappa shape index (κ3) is 7.51. The summed E-state index contributed by atoms with van der Waals surface area (Å²) in [6.07, 6.45) is 11.1. The molecule has 0 saturated carbocycles. The van der Waals surface area contributed by atoms with Crippen LogP contribution in [0.25, 0.3) is 6.08 Å². The number of aryl methyl sites for hydroxylation is 1. The Morgan fingerprint density at radius 3 is 2.38 bits per heavy atom. The van der Waals surface area contributed by atoms with Gasteiger partial charge in [-0.2, -0.15) is 5.06 Å². The van der Waals surface area contributed by atoms with Gasteiger partial charge in [0.15, 0.2) is 11.4 Å². The van der Waals surface area contributed by atoms with Crippen LogP contribution in [0.2, 0.25) is 0 Å². The van der Waals surface area contributed by atoms with Crippen LogP contribution in [0.15, 0.2) is 72.5 Å². The van der Waals surface area contributed by atoms with E-state index in [1.165, 1.54) is 5.06 Å². The van der Waals surface area contributed by atoms with E-state index in [4.69, 9.17) is 0 Å². The van der Waals surface area contributed by atoms with Crippen molar-refractivity contribution in [1.29, 1.82) is 0 Å². The van der Waals surface area contributed by atoms with Crippen molar-refractivity contribution in [1.82, 2.24) is 20.2 Å². The van der Waals surface area contributed by atoms with Gasteiger partial charge in [0.25, 0.3) is 0 Å². The Hall–Kier alpha value is -3.83. The SMILES string of the molecule is CC(C)C[C@@H](/C=C/CC(=O)NC1CC(C)(C)N(O)C(C)(C)C1)NC(=O)CCc1ccc2n1[B-](F)(F)[N+]1=C(c3ccccc3)C=CC1=C2. The van der Waals surface area contributed by atoms with Gasteiger partial charge in [-0.15, -0.1) is 0 Å². The molecule has 0 unspecified atom stereocenters. The van der Waals surface area contributed by atoms with E-state index in [9.17, 15) is 14.8 Å². The molecule has 1 atom stereocenters. The topological polar surface area (TPSA) is 89.6 Å². The number of allylic oxidation sites excluding steroid dienone is 2. The lowest BCUT2D eigenvalue weighted by Gasteiger charge is -2.51. The number of hydrogen-bond acceptors (Lipinski definition) is 4. The first-order chi connectivity index (χ1) is 22.1. The Balaban J connectivity index is 1.20. The Labute approximate surface area is 276 Å².